The first-order valence-electron chi connectivity index (χ1n) is 5.83. The van der Waals surface area contributed by atoms with Gasteiger partial charge in [-0.15, -0.1) is 0 Å². The fourth-order valence-corrected chi connectivity index (χ4v) is 3.71. The van der Waals surface area contributed by atoms with Crippen LogP contribution in [0.2, 0.25) is 0 Å². The van der Waals surface area contributed by atoms with Crippen LogP contribution in [0.25, 0.3) is 0 Å². The van der Waals surface area contributed by atoms with E-state index in [1.165, 1.54) is 4.31 Å². The molecule has 1 fully saturated rings. The summed E-state index contributed by atoms with van der Waals surface area (Å²) in [6.45, 7) is 2.73. The lowest BCUT2D eigenvalue weighted by Gasteiger charge is -2.17. The molecule has 0 heterocycles. The number of hydrogen-bond donors (Lipinski definition) is 1. The highest BCUT2D eigenvalue weighted by molar-refractivity contribution is 9.10. The van der Waals surface area contributed by atoms with E-state index in [1.54, 1.807) is 25.2 Å². The van der Waals surface area contributed by atoms with E-state index in [2.05, 4.69) is 22.9 Å². The van der Waals surface area contributed by atoms with Crippen LogP contribution in [0.1, 0.15) is 13.3 Å². The molecule has 2 N–H and O–H groups in total. The molecule has 1 aliphatic rings. The number of benzene rings is 1. The third kappa shape index (κ3) is 2.70. The molecule has 0 saturated heterocycles. The molecule has 2 unspecified atom stereocenters. The minimum absolute atomic E-state index is 0.277. The van der Waals surface area contributed by atoms with Crippen LogP contribution >= 0.6 is 15.9 Å². The minimum Gasteiger partial charge on any atom is -0.398 e. The van der Waals surface area contributed by atoms with Gasteiger partial charge in [-0.3, -0.25) is 0 Å². The van der Waals surface area contributed by atoms with Gasteiger partial charge >= 0.3 is 0 Å². The maximum atomic E-state index is 12.3. The molecule has 1 aromatic rings. The van der Waals surface area contributed by atoms with Crippen LogP contribution in [-0.4, -0.2) is 26.3 Å². The third-order valence-electron chi connectivity index (χ3n) is 3.45. The third-order valence-corrected chi connectivity index (χ3v) is 5.95. The second kappa shape index (κ2) is 4.83. The van der Waals surface area contributed by atoms with Gasteiger partial charge in [0, 0.05) is 23.8 Å². The average Bonchev–Trinajstić information content (AvgIpc) is 2.98. The first-order valence-corrected chi connectivity index (χ1v) is 8.07. The van der Waals surface area contributed by atoms with Crippen molar-refractivity contribution in [2.45, 2.75) is 18.2 Å². The van der Waals surface area contributed by atoms with E-state index in [-0.39, 0.29) is 4.90 Å². The van der Waals surface area contributed by atoms with E-state index in [4.69, 9.17) is 5.73 Å². The lowest BCUT2D eigenvalue weighted by atomic mass is 10.3. The molecule has 2 atom stereocenters. The van der Waals surface area contributed by atoms with Crippen molar-refractivity contribution >= 4 is 31.6 Å². The molecule has 0 aromatic heterocycles. The summed E-state index contributed by atoms with van der Waals surface area (Å²) < 4.78 is 26.7. The molecule has 100 valence electrons. The molecule has 4 nitrogen and oxygen atoms in total. The Hall–Kier alpha value is -0.590. The molecule has 18 heavy (non-hydrogen) atoms. The monoisotopic (exact) mass is 332 g/mol. The molecule has 1 aromatic carbocycles. The normalized spacial score (nSPS) is 23.3. The Morgan fingerprint density at radius 1 is 1.50 bits per heavy atom. The molecule has 0 amide bonds. The summed E-state index contributed by atoms with van der Waals surface area (Å²) in [5, 5.41) is 0. The van der Waals surface area contributed by atoms with E-state index >= 15 is 0 Å². The summed E-state index contributed by atoms with van der Waals surface area (Å²) in [6.07, 6.45) is 1.12. The fraction of sp³-hybridized carbons (Fsp3) is 0.500. The van der Waals surface area contributed by atoms with Crippen molar-refractivity contribution in [2.24, 2.45) is 11.8 Å². The largest absolute Gasteiger partial charge is 0.398 e. The van der Waals surface area contributed by atoms with Crippen molar-refractivity contribution in [1.29, 1.82) is 0 Å². The van der Waals surface area contributed by atoms with Gasteiger partial charge in [-0.25, -0.2) is 12.7 Å². The topological polar surface area (TPSA) is 63.4 Å². The standard InChI is InChI=1S/C12H17BrN2O2S/c1-8-5-9(8)7-15(2)18(16,17)10-3-4-12(14)11(13)6-10/h3-4,6,8-9H,5,7,14H2,1-2H3. The molecule has 0 spiro atoms. The number of halogens is 1. The zero-order chi connectivity index (χ0) is 13.5. The summed E-state index contributed by atoms with van der Waals surface area (Å²) in [5.74, 6) is 1.14. The molecular formula is C12H17BrN2O2S. The number of hydrogen-bond acceptors (Lipinski definition) is 3. The number of nitrogen functional groups attached to an aromatic ring is 1. The summed E-state index contributed by atoms with van der Waals surface area (Å²) in [4.78, 5) is 0.277. The van der Waals surface area contributed by atoms with Gasteiger partial charge in [-0.1, -0.05) is 6.92 Å². The first kappa shape index (κ1) is 13.8. The van der Waals surface area contributed by atoms with Crippen molar-refractivity contribution in [3.8, 4) is 0 Å². The SMILES string of the molecule is CC1CC1CN(C)S(=O)(=O)c1ccc(N)c(Br)c1. The van der Waals surface area contributed by atoms with Crippen LogP contribution in [0.15, 0.2) is 27.6 Å². The first-order chi connectivity index (χ1) is 8.32. The Morgan fingerprint density at radius 2 is 2.11 bits per heavy atom. The van der Waals surface area contributed by atoms with Gasteiger partial charge < -0.3 is 5.73 Å². The number of nitrogens with zero attached hydrogens (tertiary/aromatic N) is 1. The van der Waals surface area contributed by atoms with Crippen molar-refractivity contribution in [3.05, 3.63) is 22.7 Å². The van der Waals surface area contributed by atoms with Gasteiger partial charge in [0.05, 0.1) is 4.90 Å². The van der Waals surface area contributed by atoms with Crippen LogP contribution in [0.4, 0.5) is 5.69 Å². The number of nitrogens with two attached hydrogens (primary N) is 1. The predicted octanol–water partition coefficient (Wildman–Crippen LogP) is 2.31. The van der Waals surface area contributed by atoms with Gasteiger partial charge in [0.2, 0.25) is 10.0 Å². The zero-order valence-electron chi connectivity index (χ0n) is 10.4. The van der Waals surface area contributed by atoms with Crippen molar-refractivity contribution < 1.29 is 8.42 Å². The quantitative estimate of drug-likeness (QED) is 0.860. The van der Waals surface area contributed by atoms with Crippen LogP contribution in [0, 0.1) is 11.8 Å². The smallest absolute Gasteiger partial charge is 0.242 e. The molecule has 1 aliphatic carbocycles. The van der Waals surface area contributed by atoms with E-state index in [1.807, 2.05) is 0 Å². The highest BCUT2D eigenvalue weighted by atomic mass is 79.9. The Bertz CT molecular complexity index is 559. The highest BCUT2D eigenvalue weighted by Crippen LogP contribution is 2.38. The van der Waals surface area contributed by atoms with Crippen LogP contribution in [0.5, 0.6) is 0 Å². The fourth-order valence-electron chi connectivity index (χ4n) is 1.93. The van der Waals surface area contributed by atoms with Crippen molar-refractivity contribution in [2.75, 3.05) is 19.3 Å². The molecule has 0 radical (unpaired) electrons. The van der Waals surface area contributed by atoms with Crippen LogP contribution < -0.4 is 5.73 Å². The summed E-state index contributed by atoms with van der Waals surface area (Å²) in [6, 6.07) is 4.70. The van der Waals surface area contributed by atoms with Gasteiger partial charge in [-0.05, 0) is 52.4 Å². The second-order valence-corrected chi connectivity index (χ2v) is 7.84. The average molecular weight is 333 g/mol. The number of anilines is 1. The molecule has 0 aliphatic heterocycles. The van der Waals surface area contributed by atoms with Crippen LogP contribution in [0.3, 0.4) is 0 Å². The Labute approximate surface area is 116 Å². The minimum atomic E-state index is -3.41. The van der Waals surface area contributed by atoms with E-state index in [0.29, 0.717) is 28.5 Å². The zero-order valence-corrected chi connectivity index (χ0v) is 12.8. The number of rotatable bonds is 4. The maximum absolute atomic E-state index is 12.3. The van der Waals surface area contributed by atoms with E-state index in [0.717, 1.165) is 6.42 Å². The molecule has 0 bridgehead atoms. The van der Waals surface area contributed by atoms with Gasteiger partial charge in [0.15, 0.2) is 0 Å². The molecule has 2 rings (SSSR count). The summed E-state index contributed by atoms with van der Waals surface area (Å²) >= 11 is 3.25. The van der Waals surface area contributed by atoms with Gasteiger partial charge in [0.1, 0.15) is 0 Å². The second-order valence-electron chi connectivity index (χ2n) is 4.94. The predicted molar refractivity (Wildman–Crippen MR) is 75.6 cm³/mol. The lowest BCUT2D eigenvalue weighted by molar-refractivity contribution is 0.444. The van der Waals surface area contributed by atoms with Crippen molar-refractivity contribution in [1.82, 2.24) is 4.31 Å². The lowest BCUT2D eigenvalue weighted by Crippen LogP contribution is -2.29. The molecular weight excluding hydrogens is 316 g/mol. The summed E-state index contributed by atoms with van der Waals surface area (Å²) in [7, 11) is -1.78. The summed E-state index contributed by atoms with van der Waals surface area (Å²) in [5.41, 5.74) is 6.20. The number of sulfonamides is 1. The van der Waals surface area contributed by atoms with Gasteiger partial charge in [0.25, 0.3) is 0 Å². The van der Waals surface area contributed by atoms with Crippen LogP contribution in [-0.2, 0) is 10.0 Å². The van der Waals surface area contributed by atoms with Crippen molar-refractivity contribution in [3.63, 3.8) is 0 Å². The van der Waals surface area contributed by atoms with Gasteiger partial charge in [-0.2, -0.15) is 0 Å². The Kier molecular flexibility index (Phi) is 3.71. The molecule has 6 heteroatoms. The Morgan fingerprint density at radius 3 is 2.61 bits per heavy atom. The molecule has 1 saturated carbocycles. The Balaban J connectivity index is 2.21. The maximum Gasteiger partial charge on any atom is 0.242 e. The van der Waals surface area contributed by atoms with E-state index < -0.39 is 10.0 Å². The highest BCUT2D eigenvalue weighted by Gasteiger charge is 2.36. The van der Waals surface area contributed by atoms with E-state index in [9.17, 15) is 8.42 Å².